The SMILES string of the molecule is CCC(C(N)=O)C(c1cccnc1)c1cc(C)c2cccnc2c1O. The summed E-state index contributed by atoms with van der Waals surface area (Å²) in [6.45, 7) is 3.89. The summed E-state index contributed by atoms with van der Waals surface area (Å²) in [6.07, 6.45) is 5.61. The molecule has 25 heavy (non-hydrogen) atoms. The number of pyridine rings is 2. The highest BCUT2D eigenvalue weighted by atomic mass is 16.3. The number of phenols is 1. The van der Waals surface area contributed by atoms with Crippen molar-refractivity contribution in [3.8, 4) is 5.75 Å². The zero-order valence-corrected chi connectivity index (χ0v) is 14.3. The first-order chi connectivity index (χ1) is 12.0. The summed E-state index contributed by atoms with van der Waals surface area (Å²) >= 11 is 0. The van der Waals surface area contributed by atoms with E-state index in [0.717, 1.165) is 16.5 Å². The summed E-state index contributed by atoms with van der Waals surface area (Å²) in [5, 5.41) is 11.8. The van der Waals surface area contributed by atoms with E-state index in [2.05, 4.69) is 9.97 Å². The number of fused-ring (bicyclic) bond motifs is 1. The van der Waals surface area contributed by atoms with Crippen LogP contribution in [-0.4, -0.2) is 21.0 Å². The third kappa shape index (κ3) is 3.05. The number of amides is 1. The van der Waals surface area contributed by atoms with Gasteiger partial charge in [-0.2, -0.15) is 0 Å². The predicted octanol–water partition coefficient (Wildman–Crippen LogP) is 3.29. The van der Waals surface area contributed by atoms with Crippen molar-refractivity contribution in [3.05, 3.63) is 65.6 Å². The lowest BCUT2D eigenvalue weighted by atomic mass is 9.78. The van der Waals surface area contributed by atoms with Crippen molar-refractivity contribution in [2.24, 2.45) is 11.7 Å². The molecule has 0 saturated heterocycles. The Balaban J connectivity index is 2.28. The molecule has 2 atom stereocenters. The summed E-state index contributed by atoms with van der Waals surface area (Å²) in [4.78, 5) is 20.6. The van der Waals surface area contributed by atoms with Crippen molar-refractivity contribution in [1.82, 2.24) is 9.97 Å². The molecule has 128 valence electrons. The summed E-state index contributed by atoms with van der Waals surface area (Å²) in [5.41, 5.74) is 8.69. The van der Waals surface area contributed by atoms with Gasteiger partial charge in [0.2, 0.25) is 5.91 Å². The molecule has 5 nitrogen and oxygen atoms in total. The second-order valence-electron chi connectivity index (χ2n) is 6.21. The second kappa shape index (κ2) is 6.89. The molecule has 2 heterocycles. The van der Waals surface area contributed by atoms with Crippen molar-refractivity contribution in [1.29, 1.82) is 0 Å². The molecule has 0 bridgehead atoms. The third-order valence-corrected chi connectivity index (χ3v) is 4.69. The van der Waals surface area contributed by atoms with Crippen LogP contribution in [0.3, 0.4) is 0 Å². The van der Waals surface area contributed by atoms with Crippen LogP contribution in [0.15, 0.2) is 48.9 Å². The Kier molecular flexibility index (Phi) is 4.65. The highest BCUT2D eigenvalue weighted by Gasteiger charge is 2.31. The van der Waals surface area contributed by atoms with Gasteiger partial charge in [-0.1, -0.05) is 25.1 Å². The van der Waals surface area contributed by atoms with Gasteiger partial charge in [0.25, 0.3) is 0 Å². The first-order valence-corrected chi connectivity index (χ1v) is 8.31. The Morgan fingerprint density at radius 1 is 1.28 bits per heavy atom. The molecular weight excluding hydrogens is 314 g/mol. The Bertz CT molecular complexity index is 909. The summed E-state index contributed by atoms with van der Waals surface area (Å²) < 4.78 is 0. The molecule has 3 aromatic rings. The standard InChI is InChI=1S/C20H21N3O2/c1-3-14(20(21)25)17(13-6-4-8-22-11-13)16-10-12(2)15-7-5-9-23-18(15)19(16)24/h4-11,14,17,24H,3H2,1-2H3,(H2,21,25). The Hall–Kier alpha value is -2.95. The molecule has 0 aliphatic heterocycles. The highest BCUT2D eigenvalue weighted by Crippen LogP contribution is 2.41. The van der Waals surface area contributed by atoms with E-state index in [4.69, 9.17) is 5.73 Å². The van der Waals surface area contributed by atoms with Crippen LogP contribution >= 0.6 is 0 Å². The normalized spacial score (nSPS) is 13.5. The smallest absolute Gasteiger partial charge is 0.221 e. The second-order valence-corrected chi connectivity index (χ2v) is 6.21. The van der Waals surface area contributed by atoms with Crippen LogP contribution in [0, 0.1) is 12.8 Å². The van der Waals surface area contributed by atoms with Crippen LogP contribution in [0.25, 0.3) is 10.9 Å². The topological polar surface area (TPSA) is 89.1 Å². The van der Waals surface area contributed by atoms with Gasteiger partial charge >= 0.3 is 0 Å². The maximum absolute atomic E-state index is 12.1. The highest BCUT2D eigenvalue weighted by molar-refractivity contribution is 5.89. The maximum atomic E-state index is 12.1. The average molecular weight is 335 g/mol. The van der Waals surface area contributed by atoms with Gasteiger partial charge in [-0.15, -0.1) is 0 Å². The Labute approximate surface area is 146 Å². The number of aromatic hydroxyl groups is 1. The number of primary amides is 1. The van der Waals surface area contributed by atoms with E-state index >= 15 is 0 Å². The number of hydrogen-bond acceptors (Lipinski definition) is 4. The molecule has 1 aromatic carbocycles. The predicted molar refractivity (Wildman–Crippen MR) is 97.2 cm³/mol. The molecule has 0 fully saturated rings. The van der Waals surface area contributed by atoms with Crippen molar-refractivity contribution >= 4 is 16.8 Å². The molecule has 3 rings (SSSR count). The van der Waals surface area contributed by atoms with E-state index < -0.39 is 11.8 Å². The van der Waals surface area contributed by atoms with Crippen LogP contribution in [-0.2, 0) is 4.79 Å². The lowest BCUT2D eigenvalue weighted by Gasteiger charge is -2.26. The number of hydrogen-bond donors (Lipinski definition) is 2. The van der Waals surface area contributed by atoms with Crippen molar-refractivity contribution in [2.75, 3.05) is 0 Å². The molecular formula is C20H21N3O2. The van der Waals surface area contributed by atoms with Crippen LogP contribution in [0.1, 0.15) is 36.0 Å². The fourth-order valence-electron chi connectivity index (χ4n) is 3.46. The molecule has 3 N–H and O–H groups in total. The molecule has 0 aliphatic rings. The molecule has 0 saturated carbocycles. The summed E-state index contributed by atoms with van der Waals surface area (Å²) in [6, 6.07) is 9.40. The van der Waals surface area contributed by atoms with Gasteiger partial charge in [0, 0.05) is 41.4 Å². The quantitative estimate of drug-likeness (QED) is 0.749. The maximum Gasteiger partial charge on any atom is 0.221 e. The van der Waals surface area contributed by atoms with E-state index in [1.165, 1.54) is 0 Å². The van der Waals surface area contributed by atoms with Gasteiger partial charge in [0.05, 0.1) is 0 Å². The molecule has 0 aliphatic carbocycles. The van der Waals surface area contributed by atoms with Crippen LogP contribution in [0.4, 0.5) is 0 Å². The monoisotopic (exact) mass is 335 g/mol. The molecule has 0 spiro atoms. The number of phenolic OH excluding ortho intramolecular Hbond substituents is 1. The number of nitrogens with two attached hydrogens (primary N) is 1. The van der Waals surface area contributed by atoms with E-state index in [9.17, 15) is 9.90 Å². The number of benzene rings is 1. The molecule has 0 radical (unpaired) electrons. The van der Waals surface area contributed by atoms with Gasteiger partial charge < -0.3 is 10.8 Å². The lowest BCUT2D eigenvalue weighted by molar-refractivity contribution is -0.122. The van der Waals surface area contributed by atoms with Crippen molar-refractivity contribution in [2.45, 2.75) is 26.2 Å². The zero-order valence-electron chi connectivity index (χ0n) is 14.3. The largest absolute Gasteiger partial charge is 0.505 e. The zero-order chi connectivity index (χ0) is 18.0. The summed E-state index contributed by atoms with van der Waals surface area (Å²) in [7, 11) is 0. The first-order valence-electron chi connectivity index (χ1n) is 8.31. The minimum Gasteiger partial charge on any atom is -0.505 e. The number of aromatic nitrogens is 2. The van der Waals surface area contributed by atoms with E-state index in [0.29, 0.717) is 17.5 Å². The number of carbonyl (C=O) groups is 1. The van der Waals surface area contributed by atoms with Crippen LogP contribution in [0.5, 0.6) is 5.75 Å². The van der Waals surface area contributed by atoms with E-state index in [-0.39, 0.29) is 11.7 Å². The van der Waals surface area contributed by atoms with Gasteiger partial charge in [0.15, 0.2) is 0 Å². The van der Waals surface area contributed by atoms with Crippen molar-refractivity contribution in [3.63, 3.8) is 0 Å². The average Bonchev–Trinajstić information content (AvgIpc) is 2.63. The molecule has 5 heteroatoms. The minimum atomic E-state index is -0.448. The van der Waals surface area contributed by atoms with Gasteiger partial charge in [-0.3, -0.25) is 14.8 Å². The molecule has 2 aromatic heterocycles. The van der Waals surface area contributed by atoms with Gasteiger partial charge in [0.1, 0.15) is 11.3 Å². The molecule has 2 unspecified atom stereocenters. The van der Waals surface area contributed by atoms with E-state index in [1.54, 1.807) is 18.6 Å². The molecule has 1 amide bonds. The Morgan fingerprint density at radius 3 is 2.68 bits per heavy atom. The number of nitrogens with zero attached hydrogens (tertiary/aromatic N) is 2. The van der Waals surface area contributed by atoms with Crippen LogP contribution in [0.2, 0.25) is 0 Å². The minimum absolute atomic E-state index is 0.0924. The van der Waals surface area contributed by atoms with Crippen LogP contribution < -0.4 is 5.73 Å². The lowest BCUT2D eigenvalue weighted by Crippen LogP contribution is -2.29. The van der Waals surface area contributed by atoms with E-state index in [1.807, 2.05) is 44.2 Å². The number of rotatable bonds is 5. The number of carbonyl (C=O) groups excluding carboxylic acids is 1. The fraction of sp³-hybridized carbons (Fsp3) is 0.250. The third-order valence-electron chi connectivity index (χ3n) is 4.69. The summed E-state index contributed by atoms with van der Waals surface area (Å²) in [5.74, 6) is -1.12. The Morgan fingerprint density at radius 2 is 2.04 bits per heavy atom. The van der Waals surface area contributed by atoms with Gasteiger partial charge in [-0.05, 0) is 36.6 Å². The first kappa shape index (κ1) is 16.9. The van der Waals surface area contributed by atoms with Crippen molar-refractivity contribution < 1.29 is 9.90 Å². The van der Waals surface area contributed by atoms with Gasteiger partial charge in [-0.25, -0.2) is 0 Å². The fourth-order valence-corrected chi connectivity index (χ4v) is 3.46. The number of aryl methyl sites for hydroxylation is 1.